The Hall–Kier alpha value is -1.87. The van der Waals surface area contributed by atoms with E-state index in [2.05, 4.69) is 42.3 Å². The molecular formula is C17H22N2O. The molecule has 0 spiro atoms. The molecule has 0 saturated carbocycles. The van der Waals surface area contributed by atoms with Crippen molar-refractivity contribution in [2.75, 3.05) is 13.7 Å². The van der Waals surface area contributed by atoms with Crippen LogP contribution in [0, 0.1) is 6.92 Å². The van der Waals surface area contributed by atoms with E-state index in [1.807, 2.05) is 12.1 Å². The molecule has 0 amide bonds. The van der Waals surface area contributed by atoms with Crippen LogP contribution in [0.15, 0.2) is 36.5 Å². The molecule has 0 bridgehead atoms. The summed E-state index contributed by atoms with van der Waals surface area (Å²) in [6, 6.07) is 10.6. The fourth-order valence-electron chi connectivity index (χ4n) is 2.20. The van der Waals surface area contributed by atoms with Crippen LogP contribution in [0.25, 0.3) is 11.1 Å². The zero-order valence-corrected chi connectivity index (χ0v) is 12.4. The monoisotopic (exact) mass is 270 g/mol. The van der Waals surface area contributed by atoms with Crippen LogP contribution in [0.1, 0.15) is 24.5 Å². The van der Waals surface area contributed by atoms with Crippen LogP contribution in [0.2, 0.25) is 0 Å². The molecule has 1 aromatic carbocycles. The molecule has 0 aliphatic heterocycles. The number of nitrogens with zero attached hydrogens (tertiary/aromatic N) is 1. The molecule has 20 heavy (non-hydrogen) atoms. The van der Waals surface area contributed by atoms with Gasteiger partial charge in [-0.3, -0.25) is 0 Å². The summed E-state index contributed by atoms with van der Waals surface area (Å²) < 4.78 is 5.22. The van der Waals surface area contributed by atoms with Gasteiger partial charge in [0.05, 0.1) is 7.11 Å². The van der Waals surface area contributed by atoms with Crippen molar-refractivity contribution in [2.24, 2.45) is 0 Å². The molecule has 1 heterocycles. The first-order valence-corrected chi connectivity index (χ1v) is 7.05. The van der Waals surface area contributed by atoms with Gasteiger partial charge in [0.2, 0.25) is 5.88 Å². The van der Waals surface area contributed by atoms with Crippen molar-refractivity contribution >= 4 is 0 Å². The Morgan fingerprint density at radius 3 is 2.80 bits per heavy atom. The second kappa shape index (κ2) is 7.06. The van der Waals surface area contributed by atoms with E-state index in [0.29, 0.717) is 5.88 Å². The van der Waals surface area contributed by atoms with E-state index < -0.39 is 0 Å². The summed E-state index contributed by atoms with van der Waals surface area (Å²) in [5, 5.41) is 3.46. The van der Waals surface area contributed by atoms with Crippen LogP contribution >= 0.6 is 0 Å². The second-order valence-electron chi connectivity index (χ2n) is 4.92. The number of ether oxygens (including phenoxy) is 1. The summed E-state index contributed by atoms with van der Waals surface area (Å²) in [4.78, 5) is 4.17. The lowest BCUT2D eigenvalue weighted by molar-refractivity contribution is 0.398. The minimum atomic E-state index is 0.650. The Morgan fingerprint density at radius 2 is 2.05 bits per heavy atom. The van der Waals surface area contributed by atoms with Gasteiger partial charge in [-0.2, -0.15) is 0 Å². The van der Waals surface area contributed by atoms with Crippen molar-refractivity contribution in [3.63, 3.8) is 0 Å². The molecule has 2 aromatic rings. The van der Waals surface area contributed by atoms with E-state index in [1.165, 1.54) is 16.7 Å². The number of aryl methyl sites for hydroxylation is 1. The Labute approximate surface area is 121 Å². The highest BCUT2D eigenvalue weighted by atomic mass is 16.5. The van der Waals surface area contributed by atoms with Gasteiger partial charge >= 0.3 is 0 Å². The van der Waals surface area contributed by atoms with Crippen LogP contribution in [-0.2, 0) is 6.54 Å². The number of rotatable bonds is 6. The summed E-state index contributed by atoms with van der Waals surface area (Å²) in [6.45, 7) is 6.21. The zero-order chi connectivity index (χ0) is 14.4. The van der Waals surface area contributed by atoms with E-state index in [9.17, 15) is 0 Å². The minimum Gasteiger partial charge on any atom is -0.481 e. The number of hydrogen-bond donors (Lipinski definition) is 1. The number of aromatic nitrogens is 1. The topological polar surface area (TPSA) is 34.2 Å². The predicted molar refractivity (Wildman–Crippen MR) is 83.0 cm³/mol. The number of methoxy groups -OCH3 is 1. The van der Waals surface area contributed by atoms with Crippen molar-refractivity contribution in [1.29, 1.82) is 0 Å². The second-order valence-corrected chi connectivity index (χ2v) is 4.92. The quantitative estimate of drug-likeness (QED) is 0.815. The highest BCUT2D eigenvalue weighted by molar-refractivity contribution is 5.68. The van der Waals surface area contributed by atoms with Crippen LogP contribution in [0.5, 0.6) is 5.88 Å². The lowest BCUT2D eigenvalue weighted by atomic mass is 9.98. The van der Waals surface area contributed by atoms with Crippen LogP contribution in [-0.4, -0.2) is 18.6 Å². The largest absolute Gasteiger partial charge is 0.481 e. The summed E-state index contributed by atoms with van der Waals surface area (Å²) >= 11 is 0. The van der Waals surface area contributed by atoms with E-state index in [-0.39, 0.29) is 0 Å². The van der Waals surface area contributed by atoms with E-state index >= 15 is 0 Å². The summed E-state index contributed by atoms with van der Waals surface area (Å²) in [5.41, 5.74) is 4.95. The molecule has 1 aromatic heterocycles. The Bertz CT molecular complexity index is 567. The van der Waals surface area contributed by atoms with Crippen molar-refractivity contribution in [1.82, 2.24) is 10.3 Å². The van der Waals surface area contributed by atoms with Crippen molar-refractivity contribution in [3.8, 4) is 17.0 Å². The lowest BCUT2D eigenvalue weighted by Gasteiger charge is -2.12. The smallest absolute Gasteiger partial charge is 0.213 e. The first kappa shape index (κ1) is 14.5. The first-order chi connectivity index (χ1) is 9.74. The van der Waals surface area contributed by atoms with Gasteiger partial charge in [-0.15, -0.1) is 0 Å². The Kier molecular flexibility index (Phi) is 5.13. The number of nitrogens with one attached hydrogen (secondary N) is 1. The van der Waals surface area contributed by atoms with Gasteiger partial charge in [0.15, 0.2) is 0 Å². The number of pyridine rings is 1. The molecule has 0 unspecified atom stereocenters. The van der Waals surface area contributed by atoms with Gasteiger partial charge in [-0.25, -0.2) is 4.98 Å². The highest BCUT2D eigenvalue weighted by Crippen LogP contribution is 2.27. The molecule has 106 valence electrons. The molecule has 0 radical (unpaired) electrons. The molecular weight excluding hydrogens is 248 g/mol. The van der Waals surface area contributed by atoms with Gasteiger partial charge in [-0.05, 0) is 42.6 Å². The molecule has 0 atom stereocenters. The summed E-state index contributed by atoms with van der Waals surface area (Å²) in [5.74, 6) is 0.650. The average molecular weight is 270 g/mol. The molecule has 3 heteroatoms. The fourth-order valence-corrected chi connectivity index (χ4v) is 2.20. The SMILES string of the molecule is CCCNCc1ccc(C)cc1-c1ccnc(OC)c1. The van der Waals surface area contributed by atoms with Gasteiger partial charge in [0.25, 0.3) is 0 Å². The maximum Gasteiger partial charge on any atom is 0.213 e. The fraction of sp³-hybridized carbons (Fsp3) is 0.353. The van der Waals surface area contributed by atoms with Crippen LogP contribution in [0.4, 0.5) is 0 Å². The first-order valence-electron chi connectivity index (χ1n) is 7.05. The van der Waals surface area contributed by atoms with Gasteiger partial charge < -0.3 is 10.1 Å². The Balaban J connectivity index is 2.34. The molecule has 2 rings (SSSR count). The van der Waals surface area contributed by atoms with Crippen molar-refractivity contribution in [3.05, 3.63) is 47.7 Å². The standard InChI is InChI=1S/C17H22N2O/c1-4-8-18-12-15-6-5-13(2)10-16(15)14-7-9-19-17(11-14)20-3/h5-7,9-11,18H,4,8,12H2,1-3H3. The van der Waals surface area contributed by atoms with E-state index in [4.69, 9.17) is 4.74 Å². The molecule has 0 fully saturated rings. The van der Waals surface area contributed by atoms with Crippen molar-refractivity contribution < 1.29 is 4.74 Å². The van der Waals surface area contributed by atoms with E-state index in [1.54, 1.807) is 13.3 Å². The van der Waals surface area contributed by atoms with Gasteiger partial charge in [0, 0.05) is 18.8 Å². The molecule has 0 aliphatic carbocycles. The van der Waals surface area contributed by atoms with E-state index in [0.717, 1.165) is 25.1 Å². The number of hydrogen-bond acceptors (Lipinski definition) is 3. The molecule has 0 aliphatic rings. The normalized spacial score (nSPS) is 10.6. The summed E-state index contributed by atoms with van der Waals surface area (Å²) in [7, 11) is 1.64. The third-order valence-corrected chi connectivity index (χ3v) is 3.26. The van der Waals surface area contributed by atoms with Crippen LogP contribution in [0.3, 0.4) is 0 Å². The zero-order valence-electron chi connectivity index (χ0n) is 12.4. The highest BCUT2D eigenvalue weighted by Gasteiger charge is 2.07. The average Bonchev–Trinajstić information content (AvgIpc) is 2.49. The van der Waals surface area contributed by atoms with Crippen molar-refractivity contribution in [2.45, 2.75) is 26.8 Å². The Morgan fingerprint density at radius 1 is 1.20 bits per heavy atom. The molecule has 3 nitrogen and oxygen atoms in total. The maximum absolute atomic E-state index is 5.22. The lowest BCUT2D eigenvalue weighted by Crippen LogP contribution is -2.14. The third kappa shape index (κ3) is 3.58. The number of benzene rings is 1. The summed E-state index contributed by atoms with van der Waals surface area (Å²) in [6.07, 6.45) is 2.93. The molecule has 0 saturated heterocycles. The molecule has 1 N–H and O–H groups in total. The van der Waals surface area contributed by atoms with Gasteiger partial charge in [0.1, 0.15) is 0 Å². The minimum absolute atomic E-state index is 0.650. The van der Waals surface area contributed by atoms with Gasteiger partial charge in [-0.1, -0.05) is 30.7 Å². The maximum atomic E-state index is 5.22. The van der Waals surface area contributed by atoms with Crippen LogP contribution < -0.4 is 10.1 Å². The predicted octanol–water partition coefficient (Wildman–Crippen LogP) is 3.57. The third-order valence-electron chi connectivity index (χ3n) is 3.26.